The van der Waals surface area contributed by atoms with E-state index in [9.17, 15) is 0 Å². The zero-order valence-electron chi connectivity index (χ0n) is 36.0. The molecule has 12 aromatic carbocycles. The SMILES string of the molecule is c1ccc(-c2cc(-c3ccc(-n4c5ccccc5c5ccccc54)cc3)c3ccc4c(-c5ccccc5)cc(-c5ccc(-n6c7ccccc7c7ccccc76)cc5)c5ccc2c3c45)cc1. The zero-order valence-corrected chi connectivity index (χ0v) is 36.0. The van der Waals surface area contributed by atoms with Gasteiger partial charge in [-0.05, 0) is 137 Å². The minimum atomic E-state index is 1.15. The van der Waals surface area contributed by atoms with E-state index in [1.54, 1.807) is 0 Å². The molecule has 2 heteroatoms. The van der Waals surface area contributed by atoms with E-state index in [-0.39, 0.29) is 0 Å². The highest BCUT2D eigenvalue weighted by molar-refractivity contribution is 6.32. The van der Waals surface area contributed by atoms with Crippen LogP contribution in [0.3, 0.4) is 0 Å². The number of hydrogen-bond donors (Lipinski definition) is 0. The molecule has 0 aliphatic rings. The molecule has 0 aliphatic heterocycles. The van der Waals surface area contributed by atoms with Gasteiger partial charge in [-0.1, -0.05) is 182 Å². The second-order valence-electron chi connectivity index (χ2n) is 17.6. The summed E-state index contributed by atoms with van der Waals surface area (Å²) in [5.41, 5.74) is 16.9. The molecular formula is C64H40N2. The molecule has 2 heterocycles. The van der Waals surface area contributed by atoms with Crippen LogP contribution in [0.1, 0.15) is 0 Å². The number of para-hydroxylation sites is 4. The summed E-state index contributed by atoms with van der Waals surface area (Å²) in [6, 6.07) is 89.6. The standard InChI is InChI=1S/C64H40N2/c1-3-15-41(16-4-1)55-39-57(43-27-31-45(32-28-43)65-59-23-11-7-19-47(59)48-20-8-12-24-60(48)65)53-38-36-52-56(42-17-5-2-6-18-42)40-58(54-37-35-51(55)63(53)64(52)54)44-29-33-46(34-30-44)66-61-25-13-9-21-49(61)50-22-10-14-26-62(50)66/h1-40H. The van der Waals surface area contributed by atoms with Crippen LogP contribution in [0.25, 0.3) is 132 Å². The van der Waals surface area contributed by atoms with E-state index < -0.39 is 0 Å². The first-order valence-corrected chi connectivity index (χ1v) is 22.8. The molecule has 0 radical (unpaired) electrons. The lowest BCUT2D eigenvalue weighted by atomic mass is 9.82. The monoisotopic (exact) mass is 836 g/mol. The Morgan fingerprint density at radius 2 is 0.455 bits per heavy atom. The predicted octanol–water partition coefficient (Wildman–Crippen LogP) is 17.4. The van der Waals surface area contributed by atoms with Gasteiger partial charge in [0.15, 0.2) is 0 Å². The first-order chi connectivity index (χ1) is 32.8. The second-order valence-corrected chi connectivity index (χ2v) is 17.6. The Bertz CT molecular complexity index is 3790. The van der Waals surface area contributed by atoms with Crippen molar-refractivity contribution in [2.24, 2.45) is 0 Å². The van der Waals surface area contributed by atoms with Crippen LogP contribution in [-0.2, 0) is 0 Å². The number of hydrogen-bond acceptors (Lipinski definition) is 0. The summed E-state index contributed by atoms with van der Waals surface area (Å²) in [5.74, 6) is 0. The molecule has 0 bridgehead atoms. The highest BCUT2D eigenvalue weighted by atomic mass is 15.0. The van der Waals surface area contributed by atoms with Gasteiger partial charge in [0.1, 0.15) is 0 Å². The maximum atomic E-state index is 2.43. The highest BCUT2D eigenvalue weighted by Gasteiger charge is 2.22. The second kappa shape index (κ2) is 14.4. The van der Waals surface area contributed by atoms with E-state index in [1.165, 1.54) is 120 Å². The lowest BCUT2D eigenvalue weighted by molar-refractivity contribution is 1.18. The lowest BCUT2D eigenvalue weighted by Crippen LogP contribution is -1.96. The molecule has 0 unspecified atom stereocenters. The molecule has 0 amide bonds. The van der Waals surface area contributed by atoms with Crippen LogP contribution in [0, 0.1) is 0 Å². The van der Waals surface area contributed by atoms with Crippen LogP contribution in [0.5, 0.6) is 0 Å². The van der Waals surface area contributed by atoms with Gasteiger partial charge >= 0.3 is 0 Å². The van der Waals surface area contributed by atoms with Gasteiger partial charge in [-0.25, -0.2) is 0 Å². The van der Waals surface area contributed by atoms with E-state index in [4.69, 9.17) is 0 Å². The summed E-state index contributed by atoms with van der Waals surface area (Å²) < 4.78 is 4.80. The molecule has 0 saturated carbocycles. The predicted molar refractivity (Wildman–Crippen MR) is 281 cm³/mol. The topological polar surface area (TPSA) is 9.86 Å². The Morgan fingerprint density at radius 3 is 0.758 bits per heavy atom. The van der Waals surface area contributed by atoms with Crippen LogP contribution >= 0.6 is 0 Å². The van der Waals surface area contributed by atoms with E-state index in [2.05, 4.69) is 252 Å². The lowest BCUT2D eigenvalue weighted by Gasteiger charge is -2.22. The molecule has 0 atom stereocenters. The molecule has 306 valence electrons. The molecule has 0 aliphatic carbocycles. The zero-order chi connectivity index (χ0) is 43.3. The third-order valence-corrected chi connectivity index (χ3v) is 14.1. The molecule has 0 N–H and O–H groups in total. The fourth-order valence-electron chi connectivity index (χ4n) is 11.2. The van der Waals surface area contributed by atoms with Crippen LogP contribution in [0.2, 0.25) is 0 Å². The van der Waals surface area contributed by atoms with Gasteiger partial charge in [0.25, 0.3) is 0 Å². The summed E-state index contributed by atoms with van der Waals surface area (Å²) in [6.07, 6.45) is 0. The summed E-state index contributed by atoms with van der Waals surface area (Å²) >= 11 is 0. The van der Waals surface area contributed by atoms with Gasteiger partial charge in [-0.3, -0.25) is 0 Å². The fourth-order valence-corrected chi connectivity index (χ4v) is 11.2. The number of nitrogens with zero attached hydrogens (tertiary/aromatic N) is 2. The van der Waals surface area contributed by atoms with Crippen molar-refractivity contribution in [2.45, 2.75) is 0 Å². The van der Waals surface area contributed by atoms with Crippen LogP contribution in [0.15, 0.2) is 243 Å². The average molecular weight is 837 g/mol. The Hall–Kier alpha value is -8.72. The van der Waals surface area contributed by atoms with Crippen molar-refractivity contribution in [3.8, 4) is 55.9 Å². The van der Waals surface area contributed by atoms with Crippen LogP contribution in [-0.4, -0.2) is 9.13 Å². The normalized spacial score (nSPS) is 11.9. The Balaban J connectivity index is 1.00. The third-order valence-electron chi connectivity index (χ3n) is 14.1. The largest absolute Gasteiger partial charge is 0.309 e. The van der Waals surface area contributed by atoms with Crippen molar-refractivity contribution in [3.05, 3.63) is 243 Å². The van der Waals surface area contributed by atoms with Gasteiger partial charge in [0.2, 0.25) is 0 Å². The third kappa shape index (κ3) is 5.42. The molecule has 0 spiro atoms. The Morgan fingerprint density at radius 1 is 0.197 bits per heavy atom. The average Bonchev–Trinajstić information content (AvgIpc) is 3.91. The van der Waals surface area contributed by atoms with Crippen molar-refractivity contribution >= 4 is 75.9 Å². The molecule has 2 aromatic heterocycles. The molecule has 66 heavy (non-hydrogen) atoms. The molecule has 2 nitrogen and oxygen atoms in total. The number of fused-ring (bicyclic) bond motifs is 6. The molecular weight excluding hydrogens is 797 g/mol. The first-order valence-electron chi connectivity index (χ1n) is 22.8. The summed E-state index contributed by atoms with van der Waals surface area (Å²) in [5, 5.41) is 12.7. The maximum absolute atomic E-state index is 2.43. The highest BCUT2D eigenvalue weighted by Crippen LogP contribution is 2.49. The van der Waals surface area contributed by atoms with E-state index in [0.717, 1.165) is 11.4 Å². The van der Waals surface area contributed by atoms with Crippen LogP contribution in [0.4, 0.5) is 0 Å². The van der Waals surface area contributed by atoms with E-state index >= 15 is 0 Å². The minimum Gasteiger partial charge on any atom is -0.309 e. The van der Waals surface area contributed by atoms with E-state index in [1.807, 2.05) is 0 Å². The van der Waals surface area contributed by atoms with Gasteiger partial charge in [0, 0.05) is 32.9 Å². The van der Waals surface area contributed by atoms with Gasteiger partial charge < -0.3 is 9.13 Å². The van der Waals surface area contributed by atoms with Crippen molar-refractivity contribution in [2.75, 3.05) is 0 Å². The van der Waals surface area contributed by atoms with Gasteiger partial charge in [-0.2, -0.15) is 0 Å². The van der Waals surface area contributed by atoms with Crippen molar-refractivity contribution in [3.63, 3.8) is 0 Å². The molecule has 0 saturated heterocycles. The summed E-state index contributed by atoms with van der Waals surface area (Å²) in [7, 11) is 0. The van der Waals surface area contributed by atoms with Gasteiger partial charge in [-0.15, -0.1) is 0 Å². The van der Waals surface area contributed by atoms with Gasteiger partial charge in [0.05, 0.1) is 22.1 Å². The quantitative estimate of drug-likeness (QED) is 0.148. The smallest absolute Gasteiger partial charge is 0.0541 e. The fraction of sp³-hybridized carbons (Fsp3) is 0. The molecule has 14 rings (SSSR count). The molecule has 14 aromatic rings. The van der Waals surface area contributed by atoms with E-state index in [0.29, 0.717) is 0 Å². The number of aromatic nitrogens is 2. The van der Waals surface area contributed by atoms with Crippen molar-refractivity contribution in [1.82, 2.24) is 9.13 Å². The summed E-state index contributed by atoms with van der Waals surface area (Å²) in [4.78, 5) is 0. The van der Waals surface area contributed by atoms with Crippen LogP contribution < -0.4 is 0 Å². The number of rotatable bonds is 6. The van der Waals surface area contributed by atoms with Crippen molar-refractivity contribution < 1.29 is 0 Å². The molecule has 0 fully saturated rings. The minimum absolute atomic E-state index is 1.15. The maximum Gasteiger partial charge on any atom is 0.0541 e. The Labute approximate surface area is 381 Å². The first kappa shape index (κ1) is 36.7. The van der Waals surface area contributed by atoms with Crippen molar-refractivity contribution in [1.29, 1.82) is 0 Å². The Kier molecular flexibility index (Phi) is 8.02. The number of benzene rings is 12. The summed E-state index contributed by atoms with van der Waals surface area (Å²) in [6.45, 7) is 0.